The van der Waals surface area contributed by atoms with Crippen molar-refractivity contribution in [3.63, 3.8) is 0 Å². The second-order valence-electron chi connectivity index (χ2n) is 4.17. The highest BCUT2D eigenvalue weighted by Gasteiger charge is 2.13. The molecule has 2 aromatic rings. The molecule has 0 aliphatic rings. The minimum absolute atomic E-state index is 0.108. The van der Waals surface area contributed by atoms with Crippen molar-refractivity contribution in [2.75, 3.05) is 19.4 Å². The number of rotatable bonds is 4. The molecule has 19 heavy (non-hydrogen) atoms. The number of hydrogen-bond donors (Lipinski definition) is 1. The normalized spacial score (nSPS) is 10.3. The van der Waals surface area contributed by atoms with Crippen molar-refractivity contribution in [3.8, 4) is 0 Å². The Hall–Kier alpha value is -1.59. The van der Waals surface area contributed by atoms with Gasteiger partial charge in [0, 0.05) is 31.4 Å². The van der Waals surface area contributed by atoms with E-state index in [1.54, 1.807) is 43.8 Å². The summed E-state index contributed by atoms with van der Waals surface area (Å²) in [5, 5.41) is 6.61. The Labute approximate surface area is 121 Å². The largest absolute Gasteiger partial charge is 0.379 e. The smallest absolute Gasteiger partial charge is 0.254 e. The number of nitrogens with zero attached hydrogens (tertiary/aromatic N) is 2. The van der Waals surface area contributed by atoms with Gasteiger partial charge < -0.3 is 10.2 Å². The van der Waals surface area contributed by atoms with Crippen LogP contribution in [0.1, 0.15) is 15.4 Å². The summed E-state index contributed by atoms with van der Waals surface area (Å²) in [4.78, 5) is 17.6. The fraction of sp³-hybridized carbons (Fsp3) is 0.231. The molecular formula is C13H14ClN3OS. The van der Waals surface area contributed by atoms with Gasteiger partial charge in [-0.15, -0.1) is 11.3 Å². The Balaban J connectivity index is 2.14. The predicted molar refractivity (Wildman–Crippen MR) is 78.9 cm³/mol. The third-order valence-corrected chi connectivity index (χ3v) is 3.64. The number of amides is 1. The lowest BCUT2D eigenvalue weighted by molar-refractivity contribution is 0.0828. The van der Waals surface area contributed by atoms with Crippen molar-refractivity contribution in [1.29, 1.82) is 0 Å². The van der Waals surface area contributed by atoms with Crippen LogP contribution >= 0.6 is 22.9 Å². The van der Waals surface area contributed by atoms with Crippen LogP contribution in [0, 0.1) is 0 Å². The number of nitrogens with one attached hydrogen (secondary N) is 1. The topological polar surface area (TPSA) is 45.2 Å². The van der Waals surface area contributed by atoms with Gasteiger partial charge >= 0.3 is 0 Å². The number of halogens is 1. The van der Waals surface area contributed by atoms with E-state index in [1.165, 1.54) is 4.90 Å². The molecule has 0 atom stereocenters. The fourth-order valence-corrected chi connectivity index (χ4v) is 2.31. The molecule has 0 saturated heterocycles. The third kappa shape index (κ3) is 3.45. The molecule has 0 aliphatic carbocycles. The van der Waals surface area contributed by atoms with Crippen LogP contribution in [-0.4, -0.2) is 29.9 Å². The van der Waals surface area contributed by atoms with Crippen LogP contribution in [-0.2, 0) is 6.54 Å². The molecule has 1 aromatic heterocycles. The van der Waals surface area contributed by atoms with E-state index < -0.39 is 0 Å². The quantitative estimate of drug-likeness (QED) is 0.942. The number of anilines is 1. The van der Waals surface area contributed by atoms with Crippen LogP contribution in [0.3, 0.4) is 0 Å². The average molecular weight is 296 g/mol. The van der Waals surface area contributed by atoms with Crippen LogP contribution in [0.5, 0.6) is 0 Å². The fourth-order valence-electron chi connectivity index (χ4n) is 1.56. The van der Waals surface area contributed by atoms with Gasteiger partial charge in [-0.25, -0.2) is 4.98 Å². The molecule has 1 N–H and O–H groups in total. The number of benzene rings is 1. The molecule has 0 bridgehead atoms. The second kappa shape index (κ2) is 6.04. The first-order valence-electron chi connectivity index (χ1n) is 5.71. The molecule has 0 spiro atoms. The van der Waals surface area contributed by atoms with Gasteiger partial charge in [-0.1, -0.05) is 11.6 Å². The molecule has 1 amide bonds. The van der Waals surface area contributed by atoms with Gasteiger partial charge in [-0.2, -0.15) is 0 Å². The molecule has 0 fully saturated rings. The van der Waals surface area contributed by atoms with Gasteiger partial charge in [0.05, 0.1) is 17.1 Å². The highest BCUT2D eigenvalue weighted by Crippen LogP contribution is 2.22. The first-order valence-corrected chi connectivity index (χ1v) is 6.97. The SMILES string of the molecule is CN(C)C(=O)c1cc(NCc2nccs2)ccc1Cl. The molecule has 1 heterocycles. The zero-order valence-electron chi connectivity index (χ0n) is 10.7. The summed E-state index contributed by atoms with van der Waals surface area (Å²) >= 11 is 7.64. The van der Waals surface area contributed by atoms with Crippen molar-refractivity contribution in [2.24, 2.45) is 0 Å². The molecule has 0 saturated carbocycles. The Bertz CT molecular complexity index is 569. The summed E-state index contributed by atoms with van der Waals surface area (Å²) in [5.41, 5.74) is 1.35. The number of carbonyl (C=O) groups is 1. The summed E-state index contributed by atoms with van der Waals surface area (Å²) in [7, 11) is 3.41. The minimum atomic E-state index is -0.108. The highest BCUT2D eigenvalue weighted by molar-refractivity contribution is 7.09. The molecule has 2 rings (SSSR count). The van der Waals surface area contributed by atoms with Gasteiger partial charge in [0.1, 0.15) is 5.01 Å². The van der Waals surface area contributed by atoms with Crippen LogP contribution in [0.4, 0.5) is 5.69 Å². The van der Waals surface area contributed by atoms with Crippen LogP contribution in [0.25, 0.3) is 0 Å². The van der Waals surface area contributed by atoms with E-state index in [0.29, 0.717) is 17.1 Å². The maximum atomic E-state index is 12.0. The van der Waals surface area contributed by atoms with E-state index in [2.05, 4.69) is 10.3 Å². The van der Waals surface area contributed by atoms with Crippen molar-refractivity contribution < 1.29 is 4.79 Å². The number of hydrogen-bond acceptors (Lipinski definition) is 4. The monoisotopic (exact) mass is 295 g/mol. The molecule has 0 radical (unpaired) electrons. The lowest BCUT2D eigenvalue weighted by Crippen LogP contribution is -2.22. The van der Waals surface area contributed by atoms with Crippen LogP contribution in [0.15, 0.2) is 29.8 Å². The summed E-state index contributed by atoms with van der Waals surface area (Å²) in [6, 6.07) is 5.34. The van der Waals surface area contributed by atoms with E-state index in [-0.39, 0.29) is 5.91 Å². The van der Waals surface area contributed by atoms with Crippen molar-refractivity contribution >= 4 is 34.5 Å². The Morgan fingerprint density at radius 1 is 1.47 bits per heavy atom. The van der Waals surface area contributed by atoms with E-state index in [0.717, 1.165) is 10.7 Å². The van der Waals surface area contributed by atoms with Crippen LogP contribution in [0.2, 0.25) is 5.02 Å². The molecule has 1 aromatic carbocycles. The summed E-state index contributed by atoms with van der Waals surface area (Å²) in [5.74, 6) is -0.108. The van der Waals surface area contributed by atoms with Crippen LogP contribution < -0.4 is 5.32 Å². The molecule has 6 heteroatoms. The van der Waals surface area contributed by atoms with Gasteiger partial charge in [-0.05, 0) is 18.2 Å². The van der Waals surface area contributed by atoms with E-state index in [4.69, 9.17) is 11.6 Å². The number of aromatic nitrogens is 1. The zero-order valence-corrected chi connectivity index (χ0v) is 12.3. The van der Waals surface area contributed by atoms with Crippen molar-refractivity contribution in [1.82, 2.24) is 9.88 Å². The highest BCUT2D eigenvalue weighted by atomic mass is 35.5. The Kier molecular flexibility index (Phi) is 4.39. The number of carbonyl (C=O) groups excluding carboxylic acids is 1. The Morgan fingerprint density at radius 2 is 2.26 bits per heavy atom. The maximum absolute atomic E-state index is 12.0. The summed E-state index contributed by atoms with van der Waals surface area (Å²) in [6.45, 7) is 0.634. The van der Waals surface area contributed by atoms with E-state index in [1.807, 2.05) is 11.4 Å². The molecule has 0 aliphatic heterocycles. The van der Waals surface area contributed by atoms with Gasteiger partial charge in [0.25, 0.3) is 5.91 Å². The summed E-state index contributed by atoms with van der Waals surface area (Å²) in [6.07, 6.45) is 1.77. The third-order valence-electron chi connectivity index (χ3n) is 2.53. The minimum Gasteiger partial charge on any atom is -0.379 e. The molecular weight excluding hydrogens is 282 g/mol. The predicted octanol–water partition coefficient (Wildman–Crippen LogP) is 3.11. The first kappa shape index (κ1) is 13.8. The van der Waals surface area contributed by atoms with E-state index >= 15 is 0 Å². The zero-order chi connectivity index (χ0) is 13.8. The number of thiazole rings is 1. The first-order chi connectivity index (χ1) is 9.08. The lowest BCUT2D eigenvalue weighted by atomic mass is 10.1. The molecule has 4 nitrogen and oxygen atoms in total. The van der Waals surface area contributed by atoms with E-state index in [9.17, 15) is 4.79 Å². The average Bonchev–Trinajstić information content (AvgIpc) is 2.90. The summed E-state index contributed by atoms with van der Waals surface area (Å²) < 4.78 is 0. The Morgan fingerprint density at radius 3 is 2.89 bits per heavy atom. The van der Waals surface area contributed by atoms with Gasteiger partial charge in [0.15, 0.2) is 0 Å². The van der Waals surface area contributed by atoms with Crippen molar-refractivity contribution in [2.45, 2.75) is 6.54 Å². The van der Waals surface area contributed by atoms with Gasteiger partial charge in [0.2, 0.25) is 0 Å². The maximum Gasteiger partial charge on any atom is 0.254 e. The second-order valence-corrected chi connectivity index (χ2v) is 5.56. The van der Waals surface area contributed by atoms with Crippen molar-refractivity contribution in [3.05, 3.63) is 45.4 Å². The lowest BCUT2D eigenvalue weighted by Gasteiger charge is -2.13. The molecule has 0 unspecified atom stereocenters. The van der Waals surface area contributed by atoms with Gasteiger partial charge in [-0.3, -0.25) is 4.79 Å². The standard InChI is InChI=1S/C13H14ClN3OS/c1-17(2)13(18)10-7-9(3-4-11(10)14)16-8-12-15-5-6-19-12/h3-7,16H,8H2,1-2H3. The molecule has 100 valence electrons.